The van der Waals surface area contributed by atoms with Gasteiger partial charge in [0.05, 0.1) is 6.61 Å². The molecule has 2 nitrogen and oxygen atoms in total. The topological polar surface area (TPSA) is 35.2 Å². The van der Waals surface area contributed by atoms with Crippen LogP contribution >= 0.6 is 0 Å². The fraction of sp³-hybridized carbons (Fsp3) is 0.571. The molecule has 0 heterocycles. The summed E-state index contributed by atoms with van der Waals surface area (Å²) in [6.07, 6.45) is 2.10. The van der Waals surface area contributed by atoms with Gasteiger partial charge in [0.1, 0.15) is 5.75 Å². The van der Waals surface area contributed by atoms with Crippen molar-refractivity contribution in [3.8, 4) is 5.75 Å². The maximum absolute atomic E-state index is 5.74. The zero-order valence-electron chi connectivity index (χ0n) is 10.6. The van der Waals surface area contributed by atoms with Crippen LogP contribution in [0.5, 0.6) is 5.75 Å². The Balaban J connectivity index is 2.59. The third-order valence-electron chi connectivity index (χ3n) is 2.96. The maximum atomic E-state index is 5.74. The Morgan fingerprint density at radius 2 is 2.12 bits per heavy atom. The van der Waals surface area contributed by atoms with Crippen LogP contribution in [0.4, 0.5) is 0 Å². The Bertz CT molecular complexity index is 323. The minimum absolute atomic E-state index is 0.615. The molecule has 0 radical (unpaired) electrons. The Kier molecular flexibility index (Phi) is 5.33. The van der Waals surface area contributed by atoms with Crippen molar-refractivity contribution < 1.29 is 4.74 Å². The fourth-order valence-electron chi connectivity index (χ4n) is 1.55. The van der Waals surface area contributed by atoms with Crippen LogP contribution in [0.1, 0.15) is 31.4 Å². The monoisotopic (exact) mass is 221 g/mol. The van der Waals surface area contributed by atoms with Crippen LogP contribution < -0.4 is 10.5 Å². The van der Waals surface area contributed by atoms with Gasteiger partial charge in [0.25, 0.3) is 0 Å². The Hall–Kier alpha value is -1.02. The Morgan fingerprint density at radius 1 is 1.38 bits per heavy atom. The van der Waals surface area contributed by atoms with Gasteiger partial charge in [-0.25, -0.2) is 0 Å². The summed E-state index contributed by atoms with van der Waals surface area (Å²) < 4.78 is 5.74. The standard InChI is InChI=1S/C14H23NO/c1-4-11(2)10-16-14-6-5-13(7-8-15)12(3)9-14/h5-6,9,11H,4,7-8,10,15H2,1-3H3/t11-/m0/s1. The molecule has 1 aromatic rings. The molecule has 1 aromatic carbocycles. The highest BCUT2D eigenvalue weighted by Gasteiger charge is 2.03. The van der Waals surface area contributed by atoms with Crippen molar-refractivity contribution in [2.24, 2.45) is 11.7 Å². The maximum Gasteiger partial charge on any atom is 0.119 e. The van der Waals surface area contributed by atoms with E-state index < -0.39 is 0 Å². The highest BCUT2D eigenvalue weighted by atomic mass is 16.5. The van der Waals surface area contributed by atoms with Crippen LogP contribution in [0.2, 0.25) is 0 Å². The van der Waals surface area contributed by atoms with Crippen LogP contribution in [0.3, 0.4) is 0 Å². The molecule has 0 aliphatic heterocycles. The van der Waals surface area contributed by atoms with E-state index in [0.717, 1.165) is 25.2 Å². The summed E-state index contributed by atoms with van der Waals surface area (Å²) in [5, 5.41) is 0. The van der Waals surface area contributed by atoms with E-state index in [1.54, 1.807) is 0 Å². The normalized spacial score (nSPS) is 12.5. The molecule has 1 atom stereocenters. The summed E-state index contributed by atoms with van der Waals surface area (Å²) in [4.78, 5) is 0. The molecule has 0 amide bonds. The lowest BCUT2D eigenvalue weighted by atomic mass is 10.1. The van der Waals surface area contributed by atoms with Gasteiger partial charge in [0.15, 0.2) is 0 Å². The van der Waals surface area contributed by atoms with E-state index in [0.29, 0.717) is 12.5 Å². The predicted molar refractivity (Wildman–Crippen MR) is 68.9 cm³/mol. The molecule has 16 heavy (non-hydrogen) atoms. The molecule has 0 fully saturated rings. The van der Waals surface area contributed by atoms with Gasteiger partial charge >= 0.3 is 0 Å². The number of benzene rings is 1. The van der Waals surface area contributed by atoms with Gasteiger partial charge in [0.2, 0.25) is 0 Å². The molecule has 2 N–H and O–H groups in total. The van der Waals surface area contributed by atoms with Crippen molar-refractivity contribution in [1.82, 2.24) is 0 Å². The van der Waals surface area contributed by atoms with Crippen molar-refractivity contribution in [2.75, 3.05) is 13.2 Å². The number of rotatable bonds is 6. The molecule has 0 aromatic heterocycles. The highest BCUT2D eigenvalue weighted by Crippen LogP contribution is 2.18. The van der Waals surface area contributed by atoms with E-state index in [9.17, 15) is 0 Å². The van der Waals surface area contributed by atoms with Gasteiger partial charge in [-0.1, -0.05) is 26.3 Å². The summed E-state index contributed by atoms with van der Waals surface area (Å²) in [7, 11) is 0. The first kappa shape index (κ1) is 13.0. The van der Waals surface area contributed by atoms with E-state index >= 15 is 0 Å². The third-order valence-corrected chi connectivity index (χ3v) is 2.96. The van der Waals surface area contributed by atoms with Crippen LogP contribution in [0.15, 0.2) is 18.2 Å². The Labute approximate surface area is 98.8 Å². The van der Waals surface area contributed by atoms with Crippen LogP contribution in [-0.4, -0.2) is 13.2 Å². The van der Waals surface area contributed by atoms with E-state index in [4.69, 9.17) is 10.5 Å². The molecule has 0 saturated carbocycles. The number of aryl methyl sites for hydroxylation is 1. The van der Waals surface area contributed by atoms with Crippen molar-refractivity contribution in [1.29, 1.82) is 0 Å². The average Bonchev–Trinajstić information content (AvgIpc) is 2.29. The number of hydrogen-bond donors (Lipinski definition) is 1. The fourth-order valence-corrected chi connectivity index (χ4v) is 1.55. The molecular weight excluding hydrogens is 198 g/mol. The SMILES string of the molecule is CC[C@H](C)COc1ccc(CCN)c(C)c1. The lowest BCUT2D eigenvalue weighted by Gasteiger charge is -2.12. The second kappa shape index (κ2) is 6.54. The zero-order valence-corrected chi connectivity index (χ0v) is 10.6. The first-order chi connectivity index (χ1) is 7.67. The van der Waals surface area contributed by atoms with E-state index in [-0.39, 0.29) is 0 Å². The third kappa shape index (κ3) is 3.86. The quantitative estimate of drug-likeness (QED) is 0.801. The largest absolute Gasteiger partial charge is 0.493 e. The molecule has 0 aliphatic rings. The summed E-state index contributed by atoms with van der Waals surface area (Å²) in [5.74, 6) is 1.59. The molecule has 1 rings (SSSR count). The van der Waals surface area contributed by atoms with E-state index in [1.165, 1.54) is 11.1 Å². The Morgan fingerprint density at radius 3 is 2.69 bits per heavy atom. The number of ether oxygens (including phenoxy) is 1. The van der Waals surface area contributed by atoms with Crippen LogP contribution in [-0.2, 0) is 6.42 Å². The molecule has 0 aliphatic carbocycles. The summed E-state index contributed by atoms with van der Waals surface area (Å²) >= 11 is 0. The lowest BCUT2D eigenvalue weighted by Crippen LogP contribution is -2.08. The van der Waals surface area contributed by atoms with Crippen molar-refractivity contribution in [2.45, 2.75) is 33.6 Å². The lowest BCUT2D eigenvalue weighted by molar-refractivity contribution is 0.256. The highest BCUT2D eigenvalue weighted by molar-refractivity contribution is 5.34. The van der Waals surface area contributed by atoms with Crippen molar-refractivity contribution in [3.05, 3.63) is 29.3 Å². The number of nitrogens with two attached hydrogens (primary N) is 1. The summed E-state index contributed by atoms with van der Waals surface area (Å²) in [6.45, 7) is 8.00. The van der Waals surface area contributed by atoms with E-state index in [1.807, 2.05) is 6.07 Å². The van der Waals surface area contributed by atoms with Gasteiger partial charge in [-0.3, -0.25) is 0 Å². The molecule has 2 heteroatoms. The second-order valence-corrected chi connectivity index (χ2v) is 4.45. The van der Waals surface area contributed by atoms with Crippen LogP contribution in [0, 0.1) is 12.8 Å². The van der Waals surface area contributed by atoms with Crippen molar-refractivity contribution in [3.63, 3.8) is 0 Å². The number of hydrogen-bond acceptors (Lipinski definition) is 2. The minimum Gasteiger partial charge on any atom is -0.493 e. The minimum atomic E-state index is 0.615. The molecular formula is C14H23NO. The average molecular weight is 221 g/mol. The van der Waals surface area contributed by atoms with E-state index in [2.05, 4.69) is 32.9 Å². The first-order valence-electron chi connectivity index (χ1n) is 6.09. The molecule has 0 saturated heterocycles. The summed E-state index contributed by atoms with van der Waals surface area (Å²) in [5.41, 5.74) is 8.14. The molecule has 0 spiro atoms. The van der Waals surface area contributed by atoms with Gasteiger partial charge in [-0.2, -0.15) is 0 Å². The van der Waals surface area contributed by atoms with Gasteiger partial charge in [-0.05, 0) is 49.1 Å². The molecule has 0 unspecified atom stereocenters. The first-order valence-corrected chi connectivity index (χ1v) is 6.09. The van der Waals surface area contributed by atoms with Gasteiger partial charge in [0, 0.05) is 0 Å². The second-order valence-electron chi connectivity index (χ2n) is 4.45. The predicted octanol–water partition coefficient (Wildman–Crippen LogP) is 2.92. The smallest absolute Gasteiger partial charge is 0.119 e. The molecule has 0 bridgehead atoms. The van der Waals surface area contributed by atoms with Crippen molar-refractivity contribution >= 4 is 0 Å². The molecule has 90 valence electrons. The van der Waals surface area contributed by atoms with Gasteiger partial charge < -0.3 is 10.5 Å². The summed E-state index contributed by atoms with van der Waals surface area (Å²) in [6, 6.07) is 6.27. The van der Waals surface area contributed by atoms with Gasteiger partial charge in [-0.15, -0.1) is 0 Å². The zero-order chi connectivity index (χ0) is 12.0. The van der Waals surface area contributed by atoms with Crippen LogP contribution in [0.25, 0.3) is 0 Å².